The van der Waals surface area contributed by atoms with Gasteiger partial charge in [-0.15, -0.1) is 0 Å². The quantitative estimate of drug-likeness (QED) is 0.828. The number of carbonyl (C=O) groups is 2. The van der Waals surface area contributed by atoms with Gasteiger partial charge in [-0.1, -0.05) is 6.92 Å². The van der Waals surface area contributed by atoms with Gasteiger partial charge in [0.15, 0.2) is 0 Å². The number of hydrogen-bond donors (Lipinski definition) is 2. The number of carbonyl (C=O) groups excluding carboxylic acids is 1. The maximum atomic E-state index is 12.3. The molecule has 6 heteroatoms. The third-order valence-corrected chi connectivity index (χ3v) is 5.63. The van der Waals surface area contributed by atoms with E-state index in [2.05, 4.69) is 12.2 Å². The van der Waals surface area contributed by atoms with Gasteiger partial charge < -0.3 is 20.1 Å². The smallest absolute Gasteiger partial charge is 0.317 e. The van der Waals surface area contributed by atoms with Crippen molar-refractivity contribution < 1.29 is 19.4 Å². The lowest BCUT2D eigenvalue weighted by molar-refractivity contribution is -0.147. The van der Waals surface area contributed by atoms with Crippen LogP contribution in [0.5, 0.6) is 0 Å². The zero-order valence-corrected chi connectivity index (χ0v) is 13.4. The minimum absolute atomic E-state index is 0.00660. The summed E-state index contributed by atoms with van der Waals surface area (Å²) in [5.41, 5.74) is -0.805. The van der Waals surface area contributed by atoms with Gasteiger partial charge in [0.25, 0.3) is 0 Å². The van der Waals surface area contributed by atoms with Crippen molar-refractivity contribution in [2.45, 2.75) is 45.6 Å². The summed E-state index contributed by atoms with van der Waals surface area (Å²) in [5, 5.41) is 12.3. The van der Waals surface area contributed by atoms with Gasteiger partial charge in [-0.05, 0) is 38.5 Å². The monoisotopic (exact) mass is 310 g/mol. The second kappa shape index (κ2) is 5.41. The van der Waals surface area contributed by atoms with E-state index < -0.39 is 11.4 Å². The summed E-state index contributed by atoms with van der Waals surface area (Å²) >= 11 is 0. The normalized spacial score (nSPS) is 38.3. The van der Waals surface area contributed by atoms with Crippen LogP contribution >= 0.6 is 0 Å². The Morgan fingerprint density at radius 2 is 2.05 bits per heavy atom. The molecule has 3 unspecified atom stereocenters. The zero-order valence-electron chi connectivity index (χ0n) is 13.4. The summed E-state index contributed by atoms with van der Waals surface area (Å²) in [6.45, 7) is 6.06. The highest BCUT2D eigenvalue weighted by Crippen LogP contribution is 2.47. The Morgan fingerprint density at radius 3 is 2.64 bits per heavy atom. The molecule has 0 bridgehead atoms. The van der Waals surface area contributed by atoms with Gasteiger partial charge in [0.05, 0.1) is 11.5 Å². The van der Waals surface area contributed by atoms with Gasteiger partial charge >= 0.3 is 12.0 Å². The van der Waals surface area contributed by atoms with Crippen LogP contribution in [0.4, 0.5) is 4.79 Å². The van der Waals surface area contributed by atoms with Gasteiger partial charge in [-0.3, -0.25) is 4.79 Å². The van der Waals surface area contributed by atoms with Crippen LogP contribution in [-0.4, -0.2) is 54.4 Å². The van der Waals surface area contributed by atoms with Crippen LogP contribution in [0.15, 0.2) is 0 Å². The molecule has 2 amide bonds. The summed E-state index contributed by atoms with van der Waals surface area (Å²) in [4.78, 5) is 25.2. The van der Waals surface area contributed by atoms with E-state index in [0.29, 0.717) is 25.4 Å². The molecular formula is C16H26N2O4. The van der Waals surface area contributed by atoms with E-state index in [1.807, 2.05) is 0 Å². The van der Waals surface area contributed by atoms with Gasteiger partial charge in [0.1, 0.15) is 0 Å². The molecular weight excluding hydrogens is 284 g/mol. The molecule has 3 rings (SSSR count). The lowest BCUT2D eigenvalue weighted by Crippen LogP contribution is -2.47. The Hall–Kier alpha value is -1.30. The molecule has 0 aromatic rings. The fraction of sp³-hybridized carbons (Fsp3) is 0.875. The van der Waals surface area contributed by atoms with Crippen LogP contribution in [0.1, 0.15) is 39.5 Å². The van der Waals surface area contributed by atoms with Crippen LogP contribution in [0, 0.1) is 16.7 Å². The van der Waals surface area contributed by atoms with Crippen molar-refractivity contribution in [1.82, 2.24) is 10.2 Å². The summed E-state index contributed by atoms with van der Waals surface area (Å²) in [5.74, 6) is -0.167. The first kappa shape index (κ1) is 15.6. The van der Waals surface area contributed by atoms with Gasteiger partial charge in [-0.2, -0.15) is 0 Å². The van der Waals surface area contributed by atoms with Crippen molar-refractivity contribution in [3.8, 4) is 0 Å². The minimum atomic E-state index is -0.826. The lowest BCUT2D eigenvalue weighted by atomic mass is 9.81. The van der Waals surface area contributed by atoms with Crippen molar-refractivity contribution in [1.29, 1.82) is 0 Å². The molecule has 1 saturated carbocycles. The molecule has 2 N–H and O–H groups in total. The maximum absolute atomic E-state index is 12.3. The topological polar surface area (TPSA) is 78.9 Å². The molecule has 3 atom stereocenters. The fourth-order valence-electron chi connectivity index (χ4n) is 3.75. The average molecular weight is 310 g/mol. The minimum Gasteiger partial charge on any atom is -0.481 e. The van der Waals surface area contributed by atoms with Crippen molar-refractivity contribution in [3.63, 3.8) is 0 Å². The molecule has 2 heterocycles. The van der Waals surface area contributed by atoms with Crippen LogP contribution in [0.3, 0.4) is 0 Å². The van der Waals surface area contributed by atoms with Crippen LogP contribution in [-0.2, 0) is 9.53 Å². The first-order valence-corrected chi connectivity index (χ1v) is 8.22. The molecule has 2 aliphatic heterocycles. The van der Waals surface area contributed by atoms with E-state index in [1.54, 1.807) is 11.8 Å². The fourth-order valence-corrected chi connectivity index (χ4v) is 3.75. The standard InChI is InChI=1S/C16H26N2O4/c1-15(6-8-22-12(15)11-3-4-11)9-17-14(21)18-7-5-16(2,10-18)13(19)20/h11-12H,3-10H2,1-2H3,(H,17,21)(H,19,20). The molecule has 3 aliphatic rings. The summed E-state index contributed by atoms with van der Waals surface area (Å²) in [6, 6.07) is -0.146. The number of aliphatic carboxylic acids is 1. The highest BCUT2D eigenvalue weighted by Gasteiger charge is 2.48. The molecule has 2 saturated heterocycles. The Bertz CT molecular complexity index is 479. The van der Waals surface area contributed by atoms with E-state index in [0.717, 1.165) is 13.0 Å². The van der Waals surface area contributed by atoms with Crippen LogP contribution in [0.25, 0.3) is 0 Å². The number of nitrogens with one attached hydrogen (secondary N) is 1. The van der Waals surface area contributed by atoms with E-state index in [9.17, 15) is 14.7 Å². The predicted octanol–water partition coefficient (Wildman–Crippen LogP) is 1.70. The van der Waals surface area contributed by atoms with E-state index >= 15 is 0 Å². The highest BCUT2D eigenvalue weighted by molar-refractivity contribution is 5.79. The van der Waals surface area contributed by atoms with E-state index in [4.69, 9.17) is 4.74 Å². The molecule has 22 heavy (non-hydrogen) atoms. The van der Waals surface area contributed by atoms with Gasteiger partial charge in [0, 0.05) is 31.7 Å². The number of hydrogen-bond acceptors (Lipinski definition) is 3. The number of nitrogens with zero attached hydrogens (tertiary/aromatic N) is 1. The molecule has 0 aromatic heterocycles. The summed E-state index contributed by atoms with van der Waals surface area (Å²) in [6.07, 6.45) is 4.21. The van der Waals surface area contributed by atoms with Crippen LogP contribution < -0.4 is 5.32 Å². The van der Waals surface area contributed by atoms with Gasteiger partial charge in [0.2, 0.25) is 0 Å². The highest BCUT2D eigenvalue weighted by atomic mass is 16.5. The van der Waals surface area contributed by atoms with Crippen LogP contribution in [0.2, 0.25) is 0 Å². The molecule has 0 radical (unpaired) electrons. The van der Waals surface area contributed by atoms with Crippen molar-refractivity contribution in [2.75, 3.05) is 26.2 Å². The van der Waals surface area contributed by atoms with Crippen molar-refractivity contribution >= 4 is 12.0 Å². The Balaban J connectivity index is 1.53. The molecule has 0 aromatic carbocycles. The van der Waals surface area contributed by atoms with Crippen molar-refractivity contribution in [3.05, 3.63) is 0 Å². The SMILES string of the molecule is CC1(C(=O)O)CCN(C(=O)NCC2(C)CCOC2C2CC2)C1. The number of rotatable bonds is 4. The second-order valence-electron chi connectivity index (χ2n) is 7.73. The number of urea groups is 1. The largest absolute Gasteiger partial charge is 0.481 e. The number of carboxylic acid groups (broad SMARTS) is 1. The first-order valence-electron chi connectivity index (χ1n) is 8.22. The first-order chi connectivity index (χ1) is 10.3. The zero-order chi connectivity index (χ0) is 16.0. The molecule has 3 fully saturated rings. The van der Waals surface area contributed by atoms with Gasteiger partial charge in [-0.25, -0.2) is 4.79 Å². The number of ether oxygens (including phenoxy) is 1. The lowest BCUT2D eigenvalue weighted by Gasteiger charge is -2.31. The molecule has 0 spiro atoms. The van der Waals surface area contributed by atoms with E-state index in [1.165, 1.54) is 12.8 Å². The average Bonchev–Trinajstić information content (AvgIpc) is 3.11. The summed E-state index contributed by atoms with van der Waals surface area (Å²) < 4.78 is 5.87. The molecule has 6 nitrogen and oxygen atoms in total. The second-order valence-corrected chi connectivity index (χ2v) is 7.73. The van der Waals surface area contributed by atoms with Crippen molar-refractivity contribution in [2.24, 2.45) is 16.7 Å². The van der Waals surface area contributed by atoms with E-state index in [-0.39, 0.29) is 24.1 Å². The summed E-state index contributed by atoms with van der Waals surface area (Å²) in [7, 11) is 0. The third-order valence-electron chi connectivity index (χ3n) is 5.63. The Labute approximate surface area is 131 Å². The molecule has 124 valence electrons. The predicted molar refractivity (Wildman–Crippen MR) is 80.5 cm³/mol. The number of amides is 2. The Kier molecular flexibility index (Phi) is 3.83. The maximum Gasteiger partial charge on any atom is 0.317 e. The number of carboxylic acids is 1. The number of likely N-dealkylation sites (tertiary alicyclic amines) is 1. The third kappa shape index (κ3) is 2.81. The molecule has 1 aliphatic carbocycles. The Morgan fingerprint density at radius 1 is 1.32 bits per heavy atom.